The van der Waals surface area contributed by atoms with Crippen LogP contribution in [0.2, 0.25) is 0 Å². The number of furan rings is 1. The molecule has 3 rings (SSSR count). The van der Waals surface area contributed by atoms with Crippen LogP contribution in [0.25, 0.3) is 17.0 Å². The summed E-state index contributed by atoms with van der Waals surface area (Å²) in [6.07, 6.45) is 3.89. The molecule has 0 saturated heterocycles. The molecule has 0 saturated carbocycles. The van der Waals surface area contributed by atoms with Gasteiger partial charge in [0.25, 0.3) is 0 Å². The first-order chi connectivity index (χ1) is 6.45. The van der Waals surface area contributed by atoms with Crippen molar-refractivity contribution in [2.45, 2.75) is 6.54 Å². The first-order valence-electron chi connectivity index (χ1n) is 4.35. The van der Waals surface area contributed by atoms with Crippen molar-refractivity contribution in [3.63, 3.8) is 0 Å². The number of fused-ring (bicyclic) bond motifs is 3. The van der Waals surface area contributed by atoms with Crippen LogP contribution in [0.4, 0.5) is 0 Å². The summed E-state index contributed by atoms with van der Waals surface area (Å²) in [5.41, 5.74) is 2.24. The normalized spacial score (nSPS) is 14.2. The highest BCUT2D eigenvalue weighted by Crippen LogP contribution is 2.27. The fraction of sp³-hybridized carbons (Fsp3) is 0.0909. The van der Waals surface area contributed by atoms with Gasteiger partial charge in [-0.05, 0) is 12.1 Å². The van der Waals surface area contributed by atoms with Gasteiger partial charge < -0.3 is 9.73 Å². The molecule has 0 fully saturated rings. The standard InChI is InChI=1S/C11H9NO/c1-2-4-10-8(3-1)9-7-12-6-5-11(9)13-10/h1-6,12H,7H2. The van der Waals surface area contributed by atoms with Gasteiger partial charge in [0.15, 0.2) is 0 Å². The summed E-state index contributed by atoms with van der Waals surface area (Å²) in [4.78, 5) is 0. The summed E-state index contributed by atoms with van der Waals surface area (Å²) in [5.74, 6) is 0.986. The Labute approximate surface area is 75.9 Å². The smallest absolute Gasteiger partial charge is 0.135 e. The van der Waals surface area contributed by atoms with Crippen LogP contribution in [0.1, 0.15) is 11.3 Å². The molecule has 0 atom stereocenters. The number of nitrogens with one attached hydrogen (secondary N) is 1. The Kier molecular flexibility index (Phi) is 1.25. The molecular weight excluding hydrogens is 162 g/mol. The number of rotatable bonds is 0. The quantitative estimate of drug-likeness (QED) is 0.658. The topological polar surface area (TPSA) is 25.2 Å². The highest BCUT2D eigenvalue weighted by Gasteiger charge is 2.12. The fourth-order valence-electron chi connectivity index (χ4n) is 1.73. The van der Waals surface area contributed by atoms with Gasteiger partial charge in [-0.15, -0.1) is 0 Å². The summed E-state index contributed by atoms with van der Waals surface area (Å²) in [7, 11) is 0. The fourth-order valence-corrected chi connectivity index (χ4v) is 1.73. The van der Waals surface area contributed by atoms with Crippen LogP contribution >= 0.6 is 0 Å². The van der Waals surface area contributed by atoms with E-state index in [0.717, 1.165) is 17.9 Å². The van der Waals surface area contributed by atoms with Gasteiger partial charge in [-0.3, -0.25) is 0 Å². The third-order valence-corrected chi connectivity index (χ3v) is 2.36. The Hall–Kier alpha value is -1.70. The van der Waals surface area contributed by atoms with Crippen LogP contribution in [-0.4, -0.2) is 0 Å². The molecule has 1 N–H and O–H groups in total. The van der Waals surface area contributed by atoms with Crippen molar-refractivity contribution in [1.29, 1.82) is 0 Å². The van der Waals surface area contributed by atoms with Gasteiger partial charge >= 0.3 is 0 Å². The highest BCUT2D eigenvalue weighted by atomic mass is 16.3. The first kappa shape index (κ1) is 6.78. The van der Waals surface area contributed by atoms with Gasteiger partial charge in [-0.25, -0.2) is 0 Å². The van der Waals surface area contributed by atoms with E-state index in [9.17, 15) is 0 Å². The number of hydrogen-bond donors (Lipinski definition) is 1. The maximum absolute atomic E-state index is 5.66. The maximum atomic E-state index is 5.66. The molecule has 1 aliphatic rings. The van der Waals surface area contributed by atoms with Crippen molar-refractivity contribution in [3.8, 4) is 0 Å². The molecule has 2 nitrogen and oxygen atoms in total. The lowest BCUT2D eigenvalue weighted by Crippen LogP contribution is -2.08. The van der Waals surface area contributed by atoms with Crippen molar-refractivity contribution in [2.75, 3.05) is 0 Å². The van der Waals surface area contributed by atoms with E-state index in [1.807, 2.05) is 30.5 Å². The van der Waals surface area contributed by atoms with E-state index in [4.69, 9.17) is 4.42 Å². The summed E-state index contributed by atoms with van der Waals surface area (Å²) in [6.45, 7) is 0.864. The molecule has 2 aromatic rings. The Bertz CT molecular complexity index is 482. The molecule has 0 spiro atoms. The SMILES string of the molecule is C1=Cc2oc3ccccc3c2CN1. The largest absolute Gasteiger partial charge is 0.456 e. The minimum absolute atomic E-state index is 0.864. The summed E-state index contributed by atoms with van der Waals surface area (Å²) >= 11 is 0. The van der Waals surface area contributed by atoms with E-state index < -0.39 is 0 Å². The molecule has 1 aliphatic heterocycles. The minimum Gasteiger partial charge on any atom is -0.456 e. The van der Waals surface area contributed by atoms with Crippen LogP contribution in [0.5, 0.6) is 0 Å². The second-order valence-electron chi connectivity index (χ2n) is 3.16. The molecule has 0 radical (unpaired) electrons. The lowest BCUT2D eigenvalue weighted by molar-refractivity contribution is 0.592. The Morgan fingerprint density at radius 1 is 1.23 bits per heavy atom. The van der Waals surface area contributed by atoms with Crippen molar-refractivity contribution >= 4 is 17.0 Å². The number of hydrogen-bond acceptors (Lipinski definition) is 2. The molecule has 0 unspecified atom stereocenters. The van der Waals surface area contributed by atoms with Gasteiger partial charge in [-0.2, -0.15) is 0 Å². The van der Waals surface area contributed by atoms with E-state index in [1.54, 1.807) is 0 Å². The molecule has 1 aromatic carbocycles. The lowest BCUT2D eigenvalue weighted by Gasteiger charge is -2.04. The molecule has 13 heavy (non-hydrogen) atoms. The van der Waals surface area contributed by atoms with E-state index >= 15 is 0 Å². The Morgan fingerprint density at radius 3 is 3.15 bits per heavy atom. The average Bonchev–Trinajstić information content (AvgIpc) is 2.56. The monoisotopic (exact) mass is 171 g/mol. The van der Waals surface area contributed by atoms with E-state index in [-0.39, 0.29) is 0 Å². The van der Waals surface area contributed by atoms with Crippen LogP contribution in [0.15, 0.2) is 34.9 Å². The van der Waals surface area contributed by atoms with Crippen LogP contribution in [-0.2, 0) is 6.54 Å². The van der Waals surface area contributed by atoms with Gasteiger partial charge in [0, 0.05) is 23.7 Å². The summed E-state index contributed by atoms with van der Waals surface area (Å²) < 4.78 is 5.66. The zero-order chi connectivity index (χ0) is 8.67. The Balaban J connectivity index is 2.41. The minimum atomic E-state index is 0.864. The second kappa shape index (κ2) is 2.39. The van der Waals surface area contributed by atoms with Gasteiger partial charge in [0.2, 0.25) is 0 Å². The summed E-state index contributed by atoms with van der Waals surface area (Å²) in [5, 5.41) is 4.40. The lowest BCUT2D eigenvalue weighted by atomic mass is 10.1. The third kappa shape index (κ3) is 0.886. The zero-order valence-corrected chi connectivity index (χ0v) is 7.08. The van der Waals surface area contributed by atoms with Crippen LogP contribution in [0.3, 0.4) is 0 Å². The molecule has 0 aliphatic carbocycles. The van der Waals surface area contributed by atoms with Crippen LogP contribution < -0.4 is 5.32 Å². The molecule has 1 aromatic heterocycles. The molecule has 2 heteroatoms. The molecule has 64 valence electrons. The molecule has 0 bridgehead atoms. The van der Waals surface area contributed by atoms with Crippen molar-refractivity contribution in [2.24, 2.45) is 0 Å². The molecular formula is C11H9NO. The third-order valence-electron chi connectivity index (χ3n) is 2.36. The predicted molar refractivity (Wildman–Crippen MR) is 52.1 cm³/mol. The maximum Gasteiger partial charge on any atom is 0.135 e. The van der Waals surface area contributed by atoms with Crippen molar-refractivity contribution in [3.05, 3.63) is 41.8 Å². The zero-order valence-electron chi connectivity index (χ0n) is 7.08. The molecule has 0 amide bonds. The van der Waals surface area contributed by atoms with Crippen molar-refractivity contribution < 1.29 is 4.42 Å². The second-order valence-corrected chi connectivity index (χ2v) is 3.16. The Morgan fingerprint density at radius 2 is 2.15 bits per heavy atom. The average molecular weight is 171 g/mol. The van der Waals surface area contributed by atoms with Gasteiger partial charge in [-0.1, -0.05) is 18.2 Å². The van der Waals surface area contributed by atoms with Gasteiger partial charge in [0.05, 0.1) is 0 Å². The van der Waals surface area contributed by atoms with E-state index in [0.29, 0.717) is 0 Å². The predicted octanol–water partition coefficient (Wildman–Crippen LogP) is 2.51. The first-order valence-corrected chi connectivity index (χ1v) is 4.35. The number of para-hydroxylation sites is 1. The van der Waals surface area contributed by atoms with Crippen molar-refractivity contribution in [1.82, 2.24) is 5.32 Å². The molecule has 2 heterocycles. The summed E-state index contributed by atoms with van der Waals surface area (Å²) in [6, 6.07) is 8.13. The van der Waals surface area contributed by atoms with Crippen LogP contribution in [0, 0.1) is 0 Å². The highest BCUT2D eigenvalue weighted by molar-refractivity contribution is 5.84. The van der Waals surface area contributed by atoms with Gasteiger partial charge in [0.1, 0.15) is 11.3 Å². The van der Waals surface area contributed by atoms with E-state index in [2.05, 4.69) is 11.4 Å². The van der Waals surface area contributed by atoms with E-state index in [1.165, 1.54) is 10.9 Å². The number of benzene rings is 1.